The number of methoxy groups -OCH3 is 1. The number of carbonyl (C=O) groups is 1. The van der Waals surface area contributed by atoms with Gasteiger partial charge in [0.1, 0.15) is 5.54 Å². The van der Waals surface area contributed by atoms with Gasteiger partial charge < -0.3 is 9.64 Å². The molecule has 4 nitrogen and oxygen atoms in total. The summed E-state index contributed by atoms with van der Waals surface area (Å²) in [6.45, 7) is 9.00. The van der Waals surface area contributed by atoms with Crippen LogP contribution in [0.1, 0.15) is 52.9 Å². The molecule has 1 atom stereocenters. The zero-order valence-electron chi connectivity index (χ0n) is 13.0. The van der Waals surface area contributed by atoms with Gasteiger partial charge >= 0.3 is 5.97 Å². The maximum absolute atomic E-state index is 12.1. The molecule has 0 aromatic rings. The van der Waals surface area contributed by atoms with Crippen LogP contribution < -0.4 is 5.32 Å². The molecule has 0 radical (unpaired) electrons. The lowest BCUT2D eigenvalue weighted by Crippen LogP contribution is -2.59. The van der Waals surface area contributed by atoms with Crippen molar-refractivity contribution in [2.45, 2.75) is 64.5 Å². The van der Waals surface area contributed by atoms with Gasteiger partial charge in [0.15, 0.2) is 0 Å². The average Bonchev–Trinajstić information content (AvgIpc) is 2.30. The van der Waals surface area contributed by atoms with E-state index in [1.807, 2.05) is 6.92 Å². The summed E-state index contributed by atoms with van der Waals surface area (Å²) in [6, 6.07) is 0.263. The van der Waals surface area contributed by atoms with Crippen LogP contribution in [0.25, 0.3) is 0 Å². The van der Waals surface area contributed by atoms with E-state index in [2.05, 4.69) is 24.1 Å². The Labute approximate surface area is 117 Å². The summed E-state index contributed by atoms with van der Waals surface area (Å²) in [7, 11) is 1.47. The fourth-order valence-electron chi connectivity index (χ4n) is 2.95. The molecule has 0 amide bonds. The first-order valence-corrected chi connectivity index (χ1v) is 7.56. The molecule has 1 heterocycles. The molecular formula is C15H30N2O2. The molecule has 0 bridgehead atoms. The van der Waals surface area contributed by atoms with Crippen LogP contribution in [0.15, 0.2) is 0 Å². The molecule has 0 aromatic heterocycles. The number of nitrogens with zero attached hydrogens (tertiary/aromatic N) is 1. The van der Waals surface area contributed by atoms with Crippen molar-refractivity contribution >= 4 is 5.97 Å². The Morgan fingerprint density at radius 2 is 1.74 bits per heavy atom. The van der Waals surface area contributed by atoms with Gasteiger partial charge in [0.2, 0.25) is 0 Å². The van der Waals surface area contributed by atoms with E-state index in [1.165, 1.54) is 39.2 Å². The first kappa shape index (κ1) is 16.4. The van der Waals surface area contributed by atoms with Crippen molar-refractivity contribution in [3.63, 3.8) is 0 Å². The van der Waals surface area contributed by atoms with Crippen LogP contribution in [0.5, 0.6) is 0 Å². The number of hydrogen-bond acceptors (Lipinski definition) is 4. The SMILES string of the molecule is COC(=O)C(C)(CN1CCCCCCC1)NC(C)C. The zero-order valence-corrected chi connectivity index (χ0v) is 13.0. The van der Waals surface area contributed by atoms with Crippen molar-refractivity contribution in [3.8, 4) is 0 Å². The molecular weight excluding hydrogens is 240 g/mol. The van der Waals surface area contributed by atoms with Crippen LogP contribution in [0, 0.1) is 0 Å². The summed E-state index contributed by atoms with van der Waals surface area (Å²) in [6.07, 6.45) is 6.44. The van der Waals surface area contributed by atoms with Crippen molar-refractivity contribution in [2.75, 3.05) is 26.7 Å². The largest absolute Gasteiger partial charge is 0.468 e. The number of nitrogens with one attached hydrogen (secondary N) is 1. The lowest BCUT2D eigenvalue weighted by Gasteiger charge is -2.36. The second kappa shape index (κ2) is 7.85. The van der Waals surface area contributed by atoms with Gasteiger partial charge in [0, 0.05) is 12.6 Å². The van der Waals surface area contributed by atoms with E-state index in [1.54, 1.807) is 0 Å². The van der Waals surface area contributed by atoms with E-state index >= 15 is 0 Å². The predicted molar refractivity (Wildman–Crippen MR) is 78.2 cm³/mol. The van der Waals surface area contributed by atoms with E-state index in [0.717, 1.165) is 19.6 Å². The highest BCUT2D eigenvalue weighted by Gasteiger charge is 2.36. The molecule has 1 saturated heterocycles. The Morgan fingerprint density at radius 3 is 2.21 bits per heavy atom. The summed E-state index contributed by atoms with van der Waals surface area (Å²) in [5.74, 6) is -0.164. The molecule has 0 saturated carbocycles. The lowest BCUT2D eigenvalue weighted by molar-refractivity contribution is -0.149. The lowest BCUT2D eigenvalue weighted by atomic mass is 9.99. The van der Waals surface area contributed by atoms with Gasteiger partial charge in [0.05, 0.1) is 7.11 Å². The van der Waals surface area contributed by atoms with Gasteiger partial charge in [-0.3, -0.25) is 10.1 Å². The molecule has 1 aliphatic heterocycles. The third-order valence-electron chi connectivity index (χ3n) is 3.73. The maximum Gasteiger partial charge on any atom is 0.327 e. The minimum absolute atomic E-state index is 0.164. The Morgan fingerprint density at radius 1 is 1.21 bits per heavy atom. The van der Waals surface area contributed by atoms with Gasteiger partial charge in [-0.2, -0.15) is 0 Å². The molecule has 1 rings (SSSR count). The molecule has 0 aromatic carbocycles. The normalized spacial score (nSPS) is 21.5. The van der Waals surface area contributed by atoms with Crippen molar-refractivity contribution in [2.24, 2.45) is 0 Å². The van der Waals surface area contributed by atoms with Crippen molar-refractivity contribution in [1.82, 2.24) is 10.2 Å². The third-order valence-corrected chi connectivity index (χ3v) is 3.73. The molecule has 0 aliphatic carbocycles. The van der Waals surface area contributed by atoms with Gasteiger partial charge in [-0.1, -0.05) is 19.3 Å². The fourth-order valence-corrected chi connectivity index (χ4v) is 2.95. The minimum atomic E-state index is -0.609. The second-order valence-corrected chi connectivity index (χ2v) is 6.17. The molecule has 1 N–H and O–H groups in total. The van der Waals surface area contributed by atoms with Gasteiger partial charge in [-0.25, -0.2) is 0 Å². The number of ether oxygens (including phenoxy) is 1. The monoisotopic (exact) mass is 270 g/mol. The first-order valence-electron chi connectivity index (χ1n) is 7.56. The predicted octanol–water partition coefficient (Wildman–Crippen LogP) is 2.18. The van der Waals surface area contributed by atoms with Gasteiger partial charge in [0.25, 0.3) is 0 Å². The van der Waals surface area contributed by atoms with E-state index in [0.29, 0.717) is 0 Å². The molecule has 1 unspecified atom stereocenters. The van der Waals surface area contributed by atoms with Gasteiger partial charge in [-0.15, -0.1) is 0 Å². The first-order chi connectivity index (χ1) is 8.98. The molecule has 19 heavy (non-hydrogen) atoms. The number of likely N-dealkylation sites (tertiary alicyclic amines) is 1. The van der Waals surface area contributed by atoms with Crippen molar-refractivity contribution < 1.29 is 9.53 Å². The summed E-state index contributed by atoms with van der Waals surface area (Å²) in [5.41, 5.74) is -0.609. The fraction of sp³-hybridized carbons (Fsp3) is 0.933. The van der Waals surface area contributed by atoms with Crippen LogP contribution in [0.4, 0.5) is 0 Å². The number of carbonyl (C=O) groups excluding carboxylic acids is 1. The molecule has 1 fully saturated rings. The van der Waals surface area contributed by atoms with Crippen LogP contribution >= 0.6 is 0 Å². The van der Waals surface area contributed by atoms with E-state index < -0.39 is 5.54 Å². The van der Waals surface area contributed by atoms with Crippen LogP contribution in [0.2, 0.25) is 0 Å². The van der Waals surface area contributed by atoms with Crippen LogP contribution in [-0.2, 0) is 9.53 Å². The Bertz CT molecular complexity index is 273. The van der Waals surface area contributed by atoms with E-state index in [4.69, 9.17) is 4.74 Å². The maximum atomic E-state index is 12.1. The molecule has 0 spiro atoms. The molecule has 112 valence electrons. The summed E-state index contributed by atoms with van der Waals surface area (Å²) in [5, 5.41) is 3.37. The Hall–Kier alpha value is -0.610. The highest BCUT2D eigenvalue weighted by molar-refractivity contribution is 5.80. The van der Waals surface area contributed by atoms with E-state index in [9.17, 15) is 4.79 Å². The van der Waals surface area contributed by atoms with Gasteiger partial charge in [-0.05, 0) is 46.7 Å². The summed E-state index contributed by atoms with van der Waals surface area (Å²) >= 11 is 0. The second-order valence-electron chi connectivity index (χ2n) is 6.17. The average molecular weight is 270 g/mol. The number of hydrogen-bond donors (Lipinski definition) is 1. The standard InChI is InChI=1S/C15H30N2O2/c1-13(2)16-15(3,14(18)19-4)12-17-10-8-6-5-7-9-11-17/h13,16H,5-12H2,1-4H3. The van der Waals surface area contributed by atoms with Crippen LogP contribution in [-0.4, -0.2) is 49.2 Å². The Balaban J connectivity index is 2.66. The quantitative estimate of drug-likeness (QED) is 0.778. The van der Waals surface area contributed by atoms with E-state index in [-0.39, 0.29) is 12.0 Å². The highest BCUT2D eigenvalue weighted by Crippen LogP contribution is 2.15. The number of esters is 1. The topological polar surface area (TPSA) is 41.6 Å². The Kier molecular flexibility index (Phi) is 6.80. The number of rotatable bonds is 5. The summed E-state index contributed by atoms with van der Waals surface area (Å²) in [4.78, 5) is 14.5. The minimum Gasteiger partial charge on any atom is -0.468 e. The van der Waals surface area contributed by atoms with Crippen LogP contribution in [0.3, 0.4) is 0 Å². The molecule has 1 aliphatic rings. The highest BCUT2D eigenvalue weighted by atomic mass is 16.5. The van der Waals surface area contributed by atoms with Crippen molar-refractivity contribution in [3.05, 3.63) is 0 Å². The molecule has 4 heteroatoms. The van der Waals surface area contributed by atoms with Crippen molar-refractivity contribution in [1.29, 1.82) is 0 Å². The zero-order chi connectivity index (χ0) is 14.3. The smallest absolute Gasteiger partial charge is 0.327 e. The third kappa shape index (κ3) is 5.49. The summed E-state index contributed by atoms with van der Waals surface area (Å²) < 4.78 is 4.99.